The summed E-state index contributed by atoms with van der Waals surface area (Å²) in [6.45, 7) is 0. The molecule has 0 aliphatic carbocycles. The van der Waals surface area contributed by atoms with Gasteiger partial charge in [-0.15, -0.1) is 3.89 Å². The van der Waals surface area contributed by atoms with Gasteiger partial charge in [-0.3, -0.25) is 0 Å². The summed E-state index contributed by atoms with van der Waals surface area (Å²) >= 11 is 10.4. The first-order chi connectivity index (χ1) is 7.05. The third-order valence-corrected chi connectivity index (χ3v) is 3.47. The van der Waals surface area contributed by atoms with Gasteiger partial charge >= 0.3 is 16.4 Å². The van der Waals surface area contributed by atoms with Crippen molar-refractivity contribution in [3.05, 3.63) is 27.7 Å². The summed E-state index contributed by atoms with van der Waals surface area (Å²) in [6.07, 6.45) is -4.79. The third-order valence-electron chi connectivity index (χ3n) is 1.61. The summed E-state index contributed by atoms with van der Waals surface area (Å²) in [4.78, 5) is -1.09. The molecule has 0 aliphatic heterocycles. The second kappa shape index (κ2) is 4.05. The molecule has 1 aromatic carbocycles. The fourth-order valence-electron chi connectivity index (χ4n) is 0.939. The molecule has 0 bridgehead atoms. The monoisotopic (exact) mass is 296 g/mol. The Labute approximate surface area is 98.0 Å². The van der Waals surface area contributed by atoms with Crippen molar-refractivity contribution >= 4 is 33.4 Å². The van der Waals surface area contributed by atoms with Gasteiger partial charge in [0, 0.05) is 0 Å². The van der Waals surface area contributed by atoms with Crippen molar-refractivity contribution in [2.24, 2.45) is 0 Å². The summed E-state index contributed by atoms with van der Waals surface area (Å²) < 4.78 is 70.3. The van der Waals surface area contributed by atoms with Crippen LogP contribution in [-0.4, -0.2) is 8.42 Å². The van der Waals surface area contributed by atoms with Crippen LogP contribution in [0.3, 0.4) is 0 Å². The van der Waals surface area contributed by atoms with Crippen LogP contribution in [0.1, 0.15) is 5.56 Å². The van der Waals surface area contributed by atoms with Crippen molar-refractivity contribution in [1.82, 2.24) is 0 Å². The topological polar surface area (TPSA) is 34.1 Å². The van der Waals surface area contributed by atoms with Gasteiger partial charge in [-0.1, -0.05) is 23.2 Å². The fourth-order valence-corrected chi connectivity index (χ4v) is 2.25. The summed E-state index contributed by atoms with van der Waals surface area (Å²) in [7, 11) is -5.20. The molecule has 2 nitrogen and oxygen atoms in total. The molecule has 0 amide bonds. The lowest BCUT2D eigenvalue weighted by Crippen LogP contribution is -2.07. The highest BCUT2D eigenvalue weighted by Gasteiger charge is 2.35. The molecule has 1 rings (SSSR count). The molecule has 0 aliphatic rings. The lowest BCUT2D eigenvalue weighted by Gasteiger charge is -2.10. The first-order valence-electron chi connectivity index (χ1n) is 3.55. The lowest BCUT2D eigenvalue weighted by atomic mass is 10.2. The van der Waals surface area contributed by atoms with Crippen LogP contribution in [0.15, 0.2) is 17.0 Å². The third kappa shape index (κ3) is 2.58. The Morgan fingerprint density at radius 3 is 1.94 bits per heavy atom. The first-order valence-corrected chi connectivity index (χ1v) is 5.69. The molecule has 0 saturated carbocycles. The van der Waals surface area contributed by atoms with Gasteiger partial charge in [-0.25, -0.2) is 0 Å². The second-order valence-corrected chi connectivity index (χ2v) is 4.75. The summed E-state index contributed by atoms with van der Waals surface area (Å²) in [5.74, 6) is 0. The highest BCUT2D eigenvalue weighted by atomic mass is 35.5. The van der Waals surface area contributed by atoms with Crippen molar-refractivity contribution in [1.29, 1.82) is 0 Å². The van der Waals surface area contributed by atoms with E-state index >= 15 is 0 Å². The first kappa shape index (κ1) is 13.5. The maximum atomic E-state index is 12.5. The maximum Gasteiger partial charge on any atom is 0.417 e. The molecule has 0 atom stereocenters. The summed E-state index contributed by atoms with van der Waals surface area (Å²) in [5.41, 5.74) is -1.33. The minimum absolute atomic E-state index is 0.348. The molecule has 90 valence electrons. The van der Waals surface area contributed by atoms with Gasteiger partial charge in [0.1, 0.15) is 4.90 Å². The predicted octanol–water partition coefficient (Wildman–Crippen LogP) is 3.67. The van der Waals surface area contributed by atoms with Crippen molar-refractivity contribution in [2.45, 2.75) is 11.1 Å². The van der Waals surface area contributed by atoms with E-state index in [0.29, 0.717) is 12.1 Å². The highest BCUT2D eigenvalue weighted by molar-refractivity contribution is 7.86. The van der Waals surface area contributed by atoms with Gasteiger partial charge in [0.05, 0.1) is 15.6 Å². The number of benzene rings is 1. The van der Waals surface area contributed by atoms with Gasteiger partial charge in [-0.2, -0.15) is 21.6 Å². The van der Waals surface area contributed by atoms with Crippen LogP contribution in [-0.2, 0) is 16.4 Å². The zero-order valence-electron chi connectivity index (χ0n) is 7.15. The fraction of sp³-hybridized carbons (Fsp3) is 0.143. The zero-order valence-corrected chi connectivity index (χ0v) is 9.48. The maximum absolute atomic E-state index is 12.5. The van der Waals surface area contributed by atoms with Gasteiger partial charge in [0.25, 0.3) is 0 Å². The van der Waals surface area contributed by atoms with E-state index in [9.17, 15) is 25.5 Å². The number of rotatable bonds is 1. The van der Waals surface area contributed by atoms with Crippen molar-refractivity contribution in [2.75, 3.05) is 0 Å². The number of halogens is 6. The van der Waals surface area contributed by atoms with E-state index in [4.69, 9.17) is 23.2 Å². The molecule has 0 fully saturated rings. The van der Waals surface area contributed by atoms with Crippen LogP contribution in [0.5, 0.6) is 0 Å². The molecule has 0 saturated heterocycles. The normalized spacial score (nSPS) is 12.9. The Kier molecular flexibility index (Phi) is 3.42. The van der Waals surface area contributed by atoms with Crippen molar-refractivity contribution in [3.8, 4) is 0 Å². The van der Waals surface area contributed by atoms with Gasteiger partial charge in [0.2, 0.25) is 0 Å². The van der Waals surface area contributed by atoms with Gasteiger partial charge < -0.3 is 0 Å². The molecule has 0 spiro atoms. The molecular weight excluding hydrogens is 295 g/mol. The van der Waals surface area contributed by atoms with E-state index < -0.39 is 36.9 Å². The number of alkyl halides is 3. The van der Waals surface area contributed by atoms with Crippen LogP contribution >= 0.6 is 23.2 Å². The molecule has 0 aromatic heterocycles. The zero-order chi connectivity index (χ0) is 12.7. The van der Waals surface area contributed by atoms with Crippen LogP contribution in [0.4, 0.5) is 17.1 Å². The Morgan fingerprint density at radius 1 is 1.06 bits per heavy atom. The van der Waals surface area contributed by atoms with E-state index in [2.05, 4.69) is 0 Å². The standard InChI is InChI=1S/C7H2Cl2F4O2S/c8-5-3(7(10,11)12)1-2-4(6(5)9)16(13,14)15/h1-2H. The quantitative estimate of drug-likeness (QED) is 0.585. The number of hydrogen-bond donors (Lipinski definition) is 0. The minimum Gasteiger partial charge on any atom is -0.189 e. The Bertz CT molecular complexity index is 524. The smallest absolute Gasteiger partial charge is 0.189 e. The van der Waals surface area contributed by atoms with Crippen molar-refractivity contribution < 1.29 is 25.5 Å². The second-order valence-electron chi connectivity index (χ2n) is 2.67. The Hall–Kier alpha value is -0.530. The highest BCUT2D eigenvalue weighted by Crippen LogP contribution is 2.40. The van der Waals surface area contributed by atoms with Crippen LogP contribution in [0.25, 0.3) is 0 Å². The molecular formula is C7H2Cl2F4O2S. The van der Waals surface area contributed by atoms with E-state index in [1.54, 1.807) is 0 Å². The molecule has 0 N–H and O–H groups in total. The molecule has 9 heteroatoms. The van der Waals surface area contributed by atoms with E-state index in [0.717, 1.165) is 0 Å². The van der Waals surface area contributed by atoms with Crippen LogP contribution < -0.4 is 0 Å². The predicted molar refractivity (Wildman–Crippen MR) is 49.8 cm³/mol. The largest absolute Gasteiger partial charge is 0.417 e. The van der Waals surface area contributed by atoms with Gasteiger partial charge in [0.15, 0.2) is 0 Å². The average molecular weight is 297 g/mol. The molecule has 1 aromatic rings. The van der Waals surface area contributed by atoms with Crippen molar-refractivity contribution in [3.63, 3.8) is 0 Å². The minimum atomic E-state index is -5.20. The summed E-state index contributed by atoms with van der Waals surface area (Å²) in [6, 6.07) is 0.757. The Morgan fingerprint density at radius 2 is 1.56 bits per heavy atom. The van der Waals surface area contributed by atoms with Crippen LogP contribution in [0.2, 0.25) is 10.0 Å². The number of hydrogen-bond acceptors (Lipinski definition) is 2. The summed E-state index contributed by atoms with van der Waals surface area (Å²) in [5, 5.41) is -2.04. The SMILES string of the molecule is O=S(=O)(F)c1ccc(C(F)(F)F)c(Cl)c1Cl. The molecule has 0 unspecified atom stereocenters. The lowest BCUT2D eigenvalue weighted by molar-refractivity contribution is -0.137. The van der Waals surface area contributed by atoms with Gasteiger partial charge in [-0.05, 0) is 12.1 Å². The van der Waals surface area contributed by atoms with E-state index in [-0.39, 0.29) is 0 Å². The molecule has 0 radical (unpaired) electrons. The Balaban J connectivity index is 3.54. The average Bonchev–Trinajstić information content (AvgIpc) is 2.05. The van der Waals surface area contributed by atoms with E-state index in [1.807, 2.05) is 0 Å². The van der Waals surface area contributed by atoms with Crippen LogP contribution in [0, 0.1) is 0 Å². The van der Waals surface area contributed by atoms with E-state index in [1.165, 1.54) is 0 Å². The molecule has 16 heavy (non-hydrogen) atoms. The molecule has 0 heterocycles.